The van der Waals surface area contributed by atoms with Crippen molar-refractivity contribution in [3.8, 4) is 11.3 Å². The third kappa shape index (κ3) is 5.03. The van der Waals surface area contributed by atoms with Crippen molar-refractivity contribution in [2.45, 2.75) is 13.1 Å². The predicted octanol–water partition coefficient (Wildman–Crippen LogP) is 3.49. The molecule has 29 heavy (non-hydrogen) atoms. The van der Waals surface area contributed by atoms with E-state index in [1.54, 1.807) is 18.3 Å². The van der Waals surface area contributed by atoms with E-state index in [-0.39, 0.29) is 5.91 Å². The fourth-order valence-electron chi connectivity index (χ4n) is 3.35. The zero-order chi connectivity index (χ0) is 20.1. The first-order valence-electron chi connectivity index (χ1n) is 9.64. The molecule has 150 valence electrons. The van der Waals surface area contributed by atoms with Gasteiger partial charge in [0.15, 0.2) is 0 Å². The molecule has 7 heteroatoms. The summed E-state index contributed by atoms with van der Waals surface area (Å²) in [5, 5.41) is 10.6. The summed E-state index contributed by atoms with van der Waals surface area (Å²) < 4.78 is 5.39. The Hall–Kier alpha value is -2.67. The Morgan fingerprint density at radius 3 is 2.48 bits per heavy atom. The van der Waals surface area contributed by atoms with E-state index in [0.29, 0.717) is 22.8 Å². The third-order valence-electron chi connectivity index (χ3n) is 5.00. The molecule has 0 atom stereocenters. The lowest BCUT2D eigenvalue weighted by atomic mass is 10.1. The molecule has 0 saturated carbocycles. The molecule has 2 heterocycles. The zero-order valence-electron chi connectivity index (χ0n) is 16.0. The van der Waals surface area contributed by atoms with E-state index < -0.39 is 0 Å². The molecule has 1 aliphatic rings. The number of halogens is 1. The number of morpholine rings is 1. The fourth-order valence-corrected chi connectivity index (χ4v) is 3.48. The molecule has 1 fully saturated rings. The van der Waals surface area contributed by atoms with Crippen LogP contribution in [0.2, 0.25) is 5.02 Å². The van der Waals surface area contributed by atoms with Gasteiger partial charge in [-0.2, -0.15) is 5.10 Å². The van der Waals surface area contributed by atoms with Crippen molar-refractivity contribution < 1.29 is 9.53 Å². The SMILES string of the molecule is O=C(NCc1ccc(CN2CCOCC2)cc1)c1cn[nH]c1-c1ccc(Cl)cc1. The monoisotopic (exact) mass is 410 g/mol. The number of carbonyl (C=O) groups excluding carboxylic acids is 1. The van der Waals surface area contributed by atoms with Crippen molar-refractivity contribution in [1.29, 1.82) is 0 Å². The van der Waals surface area contributed by atoms with Crippen molar-refractivity contribution in [2.75, 3.05) is 26.3 Å². The summed E-state index contributed by atoms with van der Waals surface area (Å²) in [4.78, 5) is 15.0. The van der Waals surface area contributed by atoms with Crippen LogP contribution < -0.4 is 5.32 Å². The van der Waals surface area contributed by atoms with E-state index in [1.165, 1.54) is 5.56 Å². The van der Waals surface area contributed by atoms with E-state index in [2.05, 4.69) is 44.7 Å². The number of carbonyl (C=O) groups is 1. The van der Waals surface area contributed by atoms with Gasteiger partial charge in [-0.05, 0) is 23.3 Å². The molecule has 0 radical (unpaired) electrons. The second-order valence-corrected chi connectivity index (χ2v) is 7.49. The Balaban J connectivity index is 1.35. The van der Waals surface area contributed by atoms with Crippen molar-refractivity contribution in [3.05, 3.63) is 76.4 Å². The Bertz CT molecular complexity index is 948. The number of aromatic nitrogens is 2. The molecule has 1 aromatic heterocycles. The Morgan fingerprint density at radius 1 is 1.07 bits per heavy atom. The molecule has 4 rings (SSSR count). The van der Waals surface area contributed by atoms with Gasteiger partial charge in [0.2, 0.25) is 0 Å². The number of aromatic amines is 1. The van der Waals surface area contributed by atoms with Crippen molar-refractivity contribution >= 4 is 17.5 Å². The van der Waals surface area contributed by atoms with E-state index >= 15 is 0 Å². The number of benzene rings is 2. The molecular formula is C22H23ClN4O2. The minimum Gasteiger partial charge on any atom is -0.379 e. The number of hydrogen-bond donors (Lipinski definition) is 2. The first-order chi connectivity index (χ1) is 14.2. The number of H-pyrrole nitrogens is 1. The standard InChI is InChI=1S/C22H23ClN4O2/c23-19-7-5-18(6-8-19)21-20(14-25-26-21)22(28)24-13-16-1-3-17(4-2-16)15-27-9-11-29-12-10-27/h1-8,14H,9-13,15H2,(H,24,28)(H,25,26). The van der Waals surface area contributed by atoms with E-state index in [4.69, 9.17) is 16.3 Å². The maximum Gasteiger partial charge on any atom is 0.255 e. The van der Waals surface area contributed by atoms with Gasteiger partial charge in [-0.25, -0.2) is 0 Å². The van der Waals surface area contributed by atoms with Gasteiger partial charge in [-0.3, -0.25) is 14.8 Å². The van der Waals surface area contributed by atoms with Gasteiger partial charge in [0.05, 0.1) is 30.7 Å². The van der Waals surface area contributed by atoms with Crippen LogP contribution in [0.15, 0.2) is 54.7 Å². The van der Waals surface area contributed by atoms with Gasteiger partial charge < -0.3 is 10.1 Å². The van der Waals surface area contributed by atoms with Crippen LogP contribution in [-0.4, -0.2) is 47.3 Å². The summed E-state index contributed by atoms with van der Waals surface area (Å²) in [6, 6.07) is 15.7. The molecule has 0 unspecified atom stereocenters. The summed E-state index contributed by atoms with van der Waals surface area (Å²) in [7, 11) is 0. The van der Waals surface area contributed by atoms with Crippen LogP contribution in [0.25, 0.3) is 11.3 Å². The molecule has 2 N–H and O–H groups in total. The first kappa shape index (κ1) is 19.6. The van der Waals surface area contributed by atoms with Crippen LogP contribution in [-0.2, 0) is 17.8 Å². The lowest BCUT2D eigenvalue weighted by molar-refractivity contribution is 0.0342. The van der Waals surface area contributed by atoms with E-state index in [9.17, 15) is 4.79 Å². The average Bonchev–Trinajstić information content (AvgIpc) is 3.24. The van der Waals surface area contributed by atoms with Crippen molar-refractivity contribution in [1.82, 2.24) is 20.4 Å². The molecule has 2 aromatic carbocycles. The van der Waals surface area contributed by atoms with Gasteiger partial charge in [-0.15, -0.1) is 0 Å². The number of nitrogens with zero attached hydrogens (tertiary/aromatic N) is 2. The minimum absolute atomic E-state index is 0.166. The molecule has 0 spiro atoms. The van der Waals surface area contributed by atoms with Gasteiger partial charge in [0.1, 0.15) is 0 Å². The van der Waals surface area contributed by atoms with Crippen LogP contribution in [0, 0.1) is 0 Å². The fraction of sp³-hybridized carbons (Fsp3) is 0.273. The smallest absolute Gasteiger partial charge is 0.255 e. The van der Waals surface area contributed by atoms with Gasteiger partial charge in [0.25, 0.3) is 5.91 Å². The number of rotatable bonds is 6. The Morgan fingerprint density at radius 2 is 1.76 bits per heavy atom. The van der Waals surface area contributed by atoms with Crippen LogP contribution in [0.5, 0.6) is 0 Å². The predicted molar refractivity (Wildman–Crippen MR) is 113 cm³/mol. The van der Waals surface area contributed by atoms with Crippen LogP contribution in [0.1, 0.15) is 21.5 Å². The molecule has 0 aliphatic carbocycles. The minimum atomic E-state index is -0.166. The quantitative estimate of drug-likeness (QED) is 0.652. The molecule has 3 aromatic rings. The average molecular weight is 411 g/mol. The molecule has 1 aliphatic heterocycles. The highest BCUT2D eigenvalue weighted by atomic mass is 35.5. The normalized spacial score (nSPS) is 14.7. The lowest BCUT2D eigenvalue weighted by Gasteiger charge is -2.26. The number of hydrogen-bond acceptors (Lipinski definition) is 4. The highest BCUT2D eigenvalue weighted by Gasteiger charge is 2.15. The third-order valence-corrected chi connectivity index (χ3v) is 5.25. The summed E-state index contributed by atoms with van der Waals surface area (Å²) in [5.41, 5.74) is 4.38. The van der Waals surface area contributed by atoms with E-state index in [1.807, 2.05) is 12.1 Å². The van der Waals surface area contributed by atoms with Gasteiger partial charge >= 0.3 is 0 Å². The van der Waals surface area contributed by atoms with E-state index in [0.717, 1.165) is 44.0 Å². The maximum atomic E-state index is 12.7. The molecular weight excluding hydrogens is 388 g/mol. The zero-order valence-corrected chi connectivity index (χ0v) is 16.8. The number of amides is 1. The molecule has 1 saturated heterocycles. The summed E-state index contributed by atoms with van der Waals surface area (Å²) in [5.74, 6) is -0.166. The van der Waals surface area contributed by atoms with Crippen LogP contribution in [0.3, 0.4) is 0 Å². The first-order valence-corrected chi connectivity index (χ1v) is 10.0. The molecule has 6 nitrogen and oxygen atoms in total. The van der Waals surface area contributed by atoms with Crippen molar-refractivity contribution in [2.24, 2.45) is 0 Å². The second kappa shape index (κ2) is 9.22. The number of nitrogens with one attached hydrogen (secondary N) is 2. The lowest BCUT2D eigenvalue weighted by Crippen LogP contribution is -2.35. The number of ether oxygens (including phenoxy) is 1. The maximum absolute atomic E-state index is 12.7. The summed E-state index contributed by atoms with van der Waals surface area (Å²) in [6.45, 7) is 4.93. The molecule has 0 bridgehead atoms. The Labute approximate surface area is 174 Å². The largest absolute Gasteiger partial charge is 0.379 e. The topological polar surface area (TPSA) is 70.2 Å². The highest BCUT2D eigenvalue weighted by Crippen LogP contribution is 2.23. The summed E-state index contributed by atoms with van der Waals surface area (Å²) >= 11 is 5.95. The van der Waals surface area contributed by atoms with Gasteiger partial charge in [-0.1, -0.05) is 48.0 Å². The molecule has 1 amide bonds. The highest BCUT2D eigenvalue weighted by molar-refractivity contribution is 6.30. The van der Waals surface area contributed by atoms with Crippen molar-refractivity contribution in [3.63, 3.8) is 0 Å². The van der Waals surface area contributed by atoms with Crippen LogP contribution in [0.4, 0.5) is 0 Å². The van der Waals surface area contributed by atoms with Crippen LogP contribution >= 0.6 is 11.6 Å². The second-order valence-electron chi connectivity index (χ2n) is 7.05. The Kier molecular flexibility index (Phi) is 6.24. The summed E-state index contributed by atoms with van der Waals surface area (Å²) in [6.07, 6.45) is 1.55. The van der Waals surface area contributed by atoms with Gasteiger partial charge in [0, 0.05) is 36.8 Å².